The van der Waals surface area contributed by atoms with Crippen LogP contribution < -0.4 is 0 Å². The molecule has 1 heterocycles. The van der Waals surface area contributed by atoms with E-state index in [9.17, 15) is 13.2 Å². The number of hydrogen-bond acceptors (Lipinski definition) is 1. The van der Waals surface area contributed by atoms with Crippen molar-refractivity contribution in [2.75, 3.05) is 0 Å². The lowest BCUT2D eigenvalue weighted by Crippen LogP contribution is -2.30. The summed E-state index contributed by atoms with van der Waals surface area (Å²) in [6, 6.07) is 3.20. The Balaban J connectivity index is 2.46. The first-order chi connectivity index (χ1) is 7.01. The largest absolute Gasteiger partial charge is 0.399 e. The Hall–Kier alpha value is -0.770. The topological polar surface area (TPSA) is 12.9 Å². The second kappa shape index (κ2) is 3.37. The molecule has 0 amide bonds. The van der Waals surface area contributed by atoms with Gasteiger partial charge in [-0.3, -0.25) is 4.98 Å². The molecular weight excluding hydrogens is 227 g/mol. The lowest BCUT2D eigenvalue weighted by molar-refractivity contribution is -0.161. The maximum atomic E-state index is 12.8. The van der Waals surface area contributed by atoms with Gasteiger partial charge < -0.3 is 0 Å². The van der Waals surface area contributed by atoms with E-state index in [1.165, 1.54) is 6.20 Å². The van der Waals surface area contributed by atoms with Gasteiger partial charge >= 0.3 is 6.18 Å². The van der Waals surface area contributed by atoms with E-state index in [4.69, 9.17) is 11.6 Å². The van der Waals surface area contributed by atoms with Crippen LogP contribution in [-0.4, -0.2) is 11.2 Å². The van der Waals surface area contributed by atoms with Crippen LogP contribution in [0.5, 0.6) is 0 Å². The zero-order valence-corrected chi connectivity index (χ0v) is 8.57. The molecule has 0 aliphatic heterocycles. The highest BCUT2D eigenvalue weighted by Gasteiger charge is 2.65. The van der Waals surface area contributed by atoms with Crippen LogP contribution in [0.2, 0.25) is 0 Å². The van der Waals surface area contributed by atoms with Gasteiger partial charge in [0, 0.05) is 12.1 Å². The number of pyridine rings is 1. The van der Waals surface area contributed by atoms with Gasteiger partial charge in [0.15, 0.2) is 0 Å². The quantitative estimate of drug-likeness (QED) is 0.716. The van der Waals surface area contributed by atoms with Crippen LogP contribution in [0.1, 0.15) is 24.1 Å². The van der Waals surface area contributed by atoms with E-state index in [0.717, 1.165) is 0 Å². The summed E-state index contributed by atoms with van der Waals surface area (Å²) in [4.78, 5) is 3.85. The van der Waals surface area contributed by atoms with Gasteiger partial charge in [-0.2, -0.15) is 13.2 Å². The molecule has 0 saturated heterocycles. The van der Waals surface area contributed by atoms with Gasteiger partial charge in [-0.1, -0.05) is 6.07 Å². The van der Waals surface area contributed by atoms with Crippen molar-refractivity contribution >= 4 is 11.6 Å². The van der Waals surface area contributed by atoms with Gasteiger partial charge in [0.25, 0.3) is 0 Å². The highest BCUT2D eigenvalue weighted by Crippen LogP contribution is 2.59. The first-order valence-electron chi connectivity index (χ1n) is 4.58. The number of rotatable bonds is 2. The molecule has 0 radical (unpaired) electrons. The van der Waals surface area contributed by atoms with Crippen molar-refractivity contribution in [3.05, 3.63) is 29.6 Å². The summed E-state index contributed by atoms with van der Waals surface area (Å²) in [7, 11) is 0. The molecule has 1 aliphatic rings. The van der Waals surface area contributed by atoms with E-state index in [1.807, 2.05) is 0 Å². The molecular formula is C10H9ClF3N. The fraction of sp³-hybridized carbons (Fsp3) is 0.500. The summed E-state index contributed by atoms with van der Waals surface area (Å²) in [5.74, 6) is 0.0704. The SMILES string of the molecule is FC(F)(F)C1(c2ncccc2CCl)CC1. The monoisotopic (exact) mass is 235 g/mol. The Morgan fingerprint density at radius 2 is 2.07 bits per heavy atom. The predicted molar refractivity (Wildman–Crippen MR) is 50.8 cm³/mol. The molecule has 1 saturated carbocycles. The van der Waals surface area contributed by atoms with E-state index >= 15 is 0 Å². The summed E-state index contributed by atoms with van der Waals surface area (Å²) in [5, 5.41) is 0. The first kappa shape index (κ1) is 10.7. The second-order valence-electron chi connectivity index (χ2n) is 3.72. The van der Waals surface area contributed by atoms with E-state index in [-0.39, 0.29) is 24.4 Å². The van der Waals surface area contributed by atoms with Crippen molar-refractivity contribution in [2.24, 2.45) is 0 Å². The molecule has 0 aromatic carbocycles. The predicted octanol–water partition coefficient (Wildman–Crippen LogP) is 3.41. The highest BCUT2D eigenvalue weighted by molar-refractivity contribution is 6.17. The molecule has 0 spiro atoms. The lowest BCUT2D eigenvalue weighted by atomic mass is 9.97. The molecule has 15 heavy (non-hydrogen) atoms. The van der Waals surface area contributed by atoms with Gasteiger partial charge in [0.2, 0.25) is 0 Å². The lowest BCUT2D eigenvalue weighted by Gasteiger charge is -2.20. The van der Waals surface area contributed by atoms with Crippen LogP contribution in [0, 0.1) is 0 Å². The minimum absolute atomic E-state index is 0.0704. The third-order valence-electron chi connectivity index (χ3n) is 2.78. The van der Waals surface area contributed by atoms with E-state index < -0.39 is 11.6 Å². The Bertz CT molecular complexity index is 371. The number of alkyl halides is 4. The van der Waals surface area contributed by atoms with E-state index in [0.29, 0.717) is 5.56 Å². The molecule has 1 aliphatic carbocycles. The molecule has 1 fully saturated rings. The van der Waals surface area contributed by atoms with Gasteiger partial charge in [0.05, 0.1) is 5.69 Å². The molecule has 2 rings (SSSR count). The molecule has 1 nitrogen and oxygen atoms in total. The average molecular weight is 236 g/mol. The summed E-state index contributed by atoms with van der Waals surface area (Å²) in [6.07, 6.45) is -2.59. The second-order valence-corrected chi connectivity index (χ2v) is 3.99. The van der Waals surface area contributed by atoms with Gasteiger partial charge in [0.1, 0.15) is 5.41 Å². The smallest absolute Gasteiger partial charge is 0.260 e. The standard InChI is InChI=1S/C10H9ClF3N/c11-6-7-2-1-5-15-8(7)9(3-4-9)10(12,13)14/h1-2,5H,3-4,6H2. The van der Waals surface area contributed by atoms with Crippen LogP contribution >= 0.6 is 11.6 Å². The minimum atomic E-state index is -4.22. The first-order valence-corrected chi connectivity index (χ1v) is 5.12. The van der Waals surface area contributed by atoms with Crippen LogP contribution in [-0.2, 0) is 11.3 Å². The fourth-order valence-corrected chi connectivity index (χ4v) is 1.97. The van der Waals surface area contributed by atoms with Gasteiger partial charge in [-0.15, -0.1) is 11.6 Å². The normalized spacial score (nSPS) is 18.9. The number of hydrogen-bond donors (Lipinski definition) is 0. The average Bonchev–Trinajstić information content (AvgIpc) is 2.97. The van der Waals surface area contributed by atoms with Crippen molar-refractivity contribution in [3.63, 3.8) is 0 Å². The van der Waals surface area contributed by atoms with E-state index in [1.54, 1.807) is 12.1 Å². The number of halogens is 4. The fourth-order valence-electron chi connectivity index (χ4n) is 1.76. The van der Waals surface area contributed by atoms with Crippen molar-refractivity contribution < 1.29 is 13.2 Å². The molecule has 1 aromatic rings. The van der Waals surface area contributed by atoms with Crippen molar-refractivity contribution in [1.82, 2.24) is 4.98 Å². The molecule has 0 N–H and O–H groups in total. The van der Waals surface area contributed by atoms with Crippen molar-refractivity contribution in [1.29, 1.82) is 0 Å². The van der Waals surface area contributed by atoms with Crippen LogP contribution in [0.25, 0.3) is 0 Å². The summed E-state index contributed by atoms with van der Waals surface area (Å²) < 4.78 is 38.4. The minimum Gasteiger partial charge on any atom is -0.260 e. The molecule has 0 atom stereocenters. The Kier molecular flexibility index (Phi) is 2.41. The Morgan fingerprint density at radius 1 is 1.40 bits per heavy atom. The van der Waals surface area contributed by atoms with Crippen molar-refractivity contribution in [3.8, 4) is 0 Å². The zero-order chi connectivity index (χ0) is 11.1. The summed E-state index contributed by atoms with van der Waals surface area (Å²) in [6.45, 7) is 0. The Labute approximate surface area is 90.3 Å². The molecule has 0 unspecified atom stereocenters. The zero-order valence-electron chi connectivity index (χ0n) is 7.81. The third-order valence-corrected chi connectivity index (χ3v) is 3.07. The van der Waals surface area contributed by atoms with Crippen LogP contribution in [0.3, 0.4) is 0 Å². The summed E-state index contributed by atoms with van der Waals surface area (Å²) >= 11 is 5.61. The van der Waals surface area contributed by atoms with E-state index in [2.05, 4.69) is 4.98 Å². The maximum absolute atomic E-state index is 12.8. The maximum Gasteiger partial charge on any atom is 0.399 e. The Morgan fingerprint density at radius 3 is 2.53 bits per heavy atom. The van der Waals surface area contributed by atoms with Crippen LogP contribution in [0.4, 0.5) is 13.2 Å². The molecule has 5 heteroatoms. The molecule has 1 aromatic heterocycles. The van der Waals surface area contributed by atoms with Gasteiger partial charge in [-0.25, -0.2) is 0 Å². The number of nitrogens with zero attached hydrogens (tertiary/aromatic N) is 1. The van der Waals surface area contributed by atoms with Gasteiger partial charge in [-0.05, 0) is 24.5 Å². The highest BCUT2D eigenvalue weighted by atomic mass is 35.5. The summed E-state index contributed by atoms with van der Waals surface area (Å²) in [5.41, 5.74) is -1.14. The molecule has 82 valence electrons. The molecule has 0 bridgehead atoms. The number of aromatic nitrogens is 1. The van der Waals surface area contributed by atoms with Crippen molar-refractivity contribution in [2.45, 2.75) is 30.3 Å². The third kappa shape index (κ3) is 1.61. The van der Waals surface area contributed by atoms with Crippen LogP contribution in [0.15, 0.2) is 18.3 Å².